The van der Waals surface area contributed by atoms with Crippen LogP contribution in [0.1, 0.15) is 30.7 Å². The summed E-state index contributed by atoms with van der Waals surface area (Å²) in [5.41, 5.74) is 9.79. The molecule has 0 saturated carbocycles. The SMILES string of the molecule is C/C(=N/Nc1nnc(C)c(N/N=C(/C)c2ccc(Cl)cc2)n1)c1ccc(Cl)cc1. The zero-order valence-corrected chi connectivity index (χ0v) is 17.6. The summed E-state index contributed by atoms with van der Waals surface area (Å²) in [6.45, 7) is 5.55. The number of aryl methyl sites for hydroxylation is 1. The molecule has 0 spiro atoms. The molecule has 0 aliphatic heterocycles. The highest BCUT2D eigenvalue weighted by Gasteiger charge is 2.06. The summed E-state index contributed by atoms with van der Waals surface area (Å²) in [7, 11) is 0. The zero-order valence-electron chi connectivity index (χ0n) is 16.1. The molecule has 0 unspecified atom stereocenters. The molecule has 0 radical (unpaired) electrons. The van der Waals surface area contributed by atoms with Gasteiger partial charge in [0, 0.05) is 10.0 Å². The molecule has 0 atom stereocenters. The van der Waals surface area contributed by atoms with Gasteiger partial charge in [0.15, 0.2) is 5.82 Å². The molecule has 2 aromatic carbocycles. The van der Waals surface area contributed by atoms with Crippen molar-refractivity contribution < 1.29 is 0 Å². The monoisotopic (exact) mass is 427 g/mol. The Balaban J connectivity index is 1.72. The Kier molecular flexibility index (Phi) is 6.74. The zero-order chi connectivity index (χ0) is 20.8. The molecule has 1 heterocycles. The van der Waals surface area contributed by atoms with Gasteiger partial charge in [-0.15, -0.1) is 10.2 Å². The van der Waals surface area contributed by atoms with E-state index < -0.39 is 0 Å². The minimum atomic E-state index is 0.255. The van der Waals surface area contributed by atoms with Gasteiger partial charge in [0.1, 0.15) is 5.69 Å². The molecule has 3 aromatic rings. The Morgan fingerprint density at radius 3 is 1.76 bits per heavy atom. The average Bonchev–Trinajstić information content (AvgIpc) is 2.72. The number of aromatic nitrogens is 3. The lowest BCUT2D eigenvalue weighted by Gasteiger charge is -2.07. The van der Waals surface area contributed by atoms with Crippen LogP contribution in [0, 0.1) is 6.92 Å². The lowest BCUT2D eigenvalue weighted by atomic mass is 10.1. The molecule has 9 heteroatoms. The van der Waals surface area contributed by atoms with E-state index in [0.717, 1.165) is 22.6 Å². The number of halogens is 2. The van der Waals surface area contributed by atoms with Crippen LogP contribution < -0.4 is 10.9 Å². The molecule has 148 valence electrons. The molecule has 0 saturated heterocycles. The first-order chi connectivity index (χ1) is 13.9. The maximum absolute atomic E-state index is 5.92. The van der Waals surface area contributed by atoms with E-state index in [1.807, 2.05) is 62.4 Å². The molecule has 0 bridgehead atoms. The Bertz CT molecular complexity index is 1050. The van der Waals surface area contributed by atoms with Crippen molar-refractivity contribution >= 4 is 46.4 Å². The summed E-state index contributed by atoms with van der Waals surface area (Å²) in [4.78, 5) is 4.38. The van der Waals surface area contributed by atoms with Crippen molar-refractivity contribution in [3.63, 3.8) is 0 Å². The van der Waals surface area contributed by atoms with Gasteiger partial charge in [-0.05, 0) is 56.2 Å². The van der Waals surface area contributed by atoms with Gasteiger partial charge in [-0.3, -0.25) is 5.43 Å². The van der Waals surface area contributed by atoms with Gasteiger partial charge in [-0.1, -0.05) is 47.5 Å². The summed E-state index contributed by atoms with van der Waals surface area (Å²) in [5.74, 6) is 0.737. The molecule has 0 fully saturated rings. The van der Waals surface area contributed by atoms with Gasteiger partial charge in [0.2, 0.25) is 0 Å². The minimum Gasteiger partial charge on any atom is -0.259 e. The first-order valence-corrected chi connectivity index (χ1v) is 9.52. The van der Waals surface area contributed by atoms with Crippen LogP contribution in [-0.4, -0.2) is 26.6 Å². The van der Waals surface area contributed by atoms with Crippen molar-refractivity contribution in [2.24, 2.45) is 10.2 Å². The summed E-state index contributed by atoms with van der Waals surface area (Å²) in [5, 5.41) is 18.1. The molecular weight excluding hydrogens is 409 g/mol. The molecule has 0 amide bonds. The van der Waals surface area contributed by atoms with Crippen molar-refractivity contribution in [3.8, 4) is 0 Å². The van der Waals surface area contributed by atoms with E-state index in [9.17, 15) is 0 Å². The topological polar surface area (TPSA) is 87.5 Å². The number of hydrogen-bond acceptors (Lipinski definition) is 7. The third-order valence-electron chi connectivity index (χ3n) is 4.03. The molecular formula is C20H19Cl2N7. The van der Waals surface area contributed by atoms with Crippen LogP contribution in [0.5, 0.6) is 0 Å². The second-order valence-corrected chi connectivity index (χ2v) is 7.07. The normalized spacial score (nSPS) is 12.0. The van der Waals surface area contributed by atoms with Crippen molar-refractivity contribution in [1.82, 2.24) is 15.2 Å². The third kappa shape index (κ3) is 5.73. The number of nitrogens with one attached hydrogen (secondary N) is 2. The lowest BCUT2D eigenvalue weighted by Crippen LogP contribution is -2.08. The second kappa shape index (κ2) is 9.45. The lowest BCUT2D eigenvalue weighted by molar-refractivity contribution is 0.921. The molecule has 1 aromatic heterocycles. The van der Waals surface area contributed by atoms with Gasteiger partial charge >= 0.3 is 0 Å². The standard InChI is InChI=1S/C20H19Cl2N7/c1-12(15-4-8-17(21)9-5-15)24-27-19-14(3)26-29-20(23-19)28-25-13(2)16-6-10-18(22)11-7-16/h4-11H,1-3H3,(H2,23,27,28,29)/b24-12-,25-13-. The van der Waals surface area contributed by atoms with Crippen LogP contribution in [0.2, 0.25) is 10.0 Å². The van der Waals surface area contributed by atoms with E-state index in [4.69, 9.17) is 23.2 Å². The van der Waals surface area contributed by atoms with Crippen LogP contribution in [-0.2, 0) is 0 Å². The smallest absolute Gasteiger partial charge is 0.259 e. The first-order valence-electron chi connectivity index (χ1n) is 8.76. The quantitative estimate of drug-likeness (QED) is 0.418. The summed E-state index contributed by atoms with van der Waals surface area (Å²) < 4.78 is 0. The summed E-state index contributed by atoms with van der Waals surface area (Å²) in [6.07, 6.45) is 0. The maximum atomic E-state index is 5.92. The number of benzene rings is 2. The van der Waals surface area contributed by atoms with Crippen molar-refractivity contribution in [1.29, 1.82) is 0 Å². The Hall–Kier alpha value is -3.03. The van der Waals surface area contributed by atoms with E-state index in [0.29, 0.717) is 21.6 Å². The van der Waals surface area contributed by atoms with E-state index in [1.165, 1.54) is 0 Å². The summed E-state index contributed by atoms with van der Waals surface area (Å²) >= 11 is 11.8. The highest BCUT2D eigenvalue weighted by Crippen LogP contribution is 2.14. The summed E-state index contributed by atoms with van der Waals surface area (Å²) in [6, 6.07) is 14.8. The van der Waals surface area contributed by atoms with E-state index in [1.54, 1.807) is 6.92 Å². The van der Waals surface area contributed by atoms with Gasteiger partial charge in [-0.2, -0.15) is 15.2 Å². The fraction of sp³-hybridized carbons (Fsp3) is 0.150. The van der Waals surface area contributed by atoms with Crippen LogP contribution in [0.4, 0.5) is 11.8 Å². The van der Waals surface area contributed by atoms with Crippen LogP contribution in [0.3, 0.4) is 0 Å². The van der Waals surface area contributed by atoms with Gasteiger partial charge < -0.3 is 0 Å². The van der Waals surface area contributed by atoms with Crippen molar-refractivity contribution in [2.45, 2.75) is 20.8 Å². The van der Waals surface area contributed by atoms with E-state index >= 15 is 0 Å². The number of nitrogens with zero attached hydrogens (tertiary/aromatic N) is 5. The van der Waals surface area contributed by atoms with Crippen LogP contribution >= 0.6 is 23.2 Å². The third-order valence-corrected chi connectivity index (χ3v) is 4.54. The second-order valence-electron chi connectivity index (χ2n) is 6.20. The number of hydrogen-bond donors (Lipinski definition) is 2. The molecule has 7 nitrogen and oxygen atoms in total. The van der Waals surface area contributed by atoms with Crippen LogP contribution in [0.25, 0.3) is 0 Å². The molecule has 0 aliphatic rings. The Labute approximate surface area is 178 Å². The van der Waals surface area contributed by atoms with Crippen LogP contribution in [0.15, 0.2) is 58.7 Å². The number of rotatable bonds is 6. The van der Waals surface area contributed by atoms with Gasteiger partial charge in [0.05, 0.1) is 11.4 Å². The van der Waals surface area contributed by atoms with E-state index in [2.05, 4.69) is 36.2 Å². The Morgan fingerprint density at radius 1 is 0.759 bits per heavy atom. The molecule has 29 heavy (non-hydrogen) atoms. The largest absolute Gasteiger partial charge is 0.265 e. The molecule has 2 N–H and O–H groups in total. The minimum absolute atomic E-state index is 0.255. The fourth-order valence-corrected chi connectivity index (χ4v) is 2.57. The molecule has 3 rings (SSSR count). The number of hydrazone groups is 2. The maximum Gasteiger partial charge on any atom is 0.265 e. The first kappa shape index (κ1) is 20.7. The van der Waals surface area contributed by atoms with Crippen molar-refractivity contribution in [2.75, 3.05) is 10.9 Å². The van der Waals surface area contributed by atoms with Gasteiger partial charge in [0.25, 0.3) is 5.95 Å². The fourth-order valence-electron chi connectivity index (χ4n) is 2.31. The molecule has 0 aliphatic carbocycles. The number of anilines is 2. The predicted molar refractivity (Wildman–Crippen MR) is 119 cm³/mol. The van der Waals surface area contributed by atoms with Crippen molar-refractivity contribution in [3.05, 3.63) is 75.4 Å². The predicted octanol–water partition coefficient (Wildman–Crippen LogP) is 5.16. The van der Waals surface area contributed by atoms with Gasteiger partial charge in [-0.25, -0.2) is 5.43 Å². The van der Waals surface area contributed by atoms with E-state index in [-0.39, 0.29) is 5.95 Å². The Morgan fingerprint density at radius 2 is 1.24 bits per heavy atom. The highest BCUT2D eigenvalue weighted by atomic mass is 35.5. The highest BCUT2D eigenvalue weighted by molar-refractivity contribution is 6.31. The average molecular weight is 428 g/mol.